The second kappa shape index (κ2) is 4.61. The Labute approximate surface area is 84.4 Å². The predicted molar refractivity (Wildman–Crippen MR) is 57.5 cm³/mol. The molecule has 0 atom stereocenters. The molecule has 1 aromatic carbocycles. The SMILES string of the molecule is N/N=C\C(=N/N)c1ccc(Br)cc1. The van der Waals surface area contributed by atoms with E-state index >= 15 is 0 Å². The summed E-state index contributed by atoms with van der Waals surface area (Å²) >= 11 is 3.33. The molecule has 0 unspecified atom stereocenters. The van der Waals surface area contributed by atoms with Crippen molar-refractivity contribution in [2.24, 2.45) is 21.9 Å². The Hall–Kier alpha value is -1.36. The first kappa shape index (κ1) is 9.73. The minimum Gasteiger partial charge on any atom is -0.323 e. The quantitative estimate of drug-likeness (QED) is 0.461. The second-order valence-electron chi connectivity index (χ2n) is 2.30. The number of nitrogens with two attached hydrogens (primary N) is 2. The van der Waals surface area contributed by atoms with Crippen LogP contribution in [-0.4, -0.2) is 11.9 Å². The van der Waals surface area contributed by atoms with Gasteiger partial charge in [-0.05, 0) is 12.1 Å². The number of hydrogen-bond acceptors (Lipinski definition) is 4. The van der Waals surface area contributed by atoms with Gasteiger partial charge < -0.3 is 11.7 Å². The summed E-state index contributed by atoms with van der Waals surface area (Å²) in [6.07, 6.45) is 1.41. The first-order chi connectivity index (χ1) is 6.27. The fourth-order valence-electron chi connectivity index (χ4n) is 0.874. The molecular weight excluding hydrogens is 232 g/mol. The highest BCUT2D eigenvalue weighted by Gasteiger charge is 1.98. The van der Waals surface area contributed by atoms with Crippen molar-refractivity contribution in [3.63, 3.8) is 0 Å². The van der Waals surface area contributed by atoms with E-state index in [1.54, 1.807) is 0 Å². The third-order valence-electron chi connectivity index (χ3n) is 1.48. The van der Waals surface area contributed by atoms with Crippen LogP contribution in [0.15, 0.2) is 38.9 Å². The van der Waals surface area contributed by atoms with Crippen LogP contribution in [0, 0.1) is 0 Å². The lowest BCUT2D eigenvalue weighted by atomic mass is 10.1. The van der Waals surface area contributed by atoms with Crippen LogP contribution in [0.5, 0.6) is 0 Å². The Bertz CT molecular complexity index is 329. The molecule has 0 aliphatic carbocycles. The molecule has 13 heavy (non-hydrogen) atoms. The topological polar surface area (TPSA) is 76.8 Å². The maximum atomic E-state index is 5.16. The zero-order valence-corrected chi connectivity index (χ0v) is 8.40. The Balaban J connectivity index is 3.00. The average molecular weight is 241 g/mol. The van der Waals surface area contributed by atoms with Crippen molar-refractivity contribution < 1.29 is 0 Å². The molecule has 4 N–H and O–H groups in total. The van der Waals surface area contributed by atoms with Crippen LogP contribution in [0.1, 0.15) is 5.56 Å². The van der Waals surface area contributed by atoms with Crippen LogP contribution in [0.2, 0.25) is 0 Å². The number of hydrazone groups is 2. The predicted octanol–water partition coefficient (Wildman–Crippen LogP) is 1.06. The largest absolute Gasteiger partial charge is 0.323 e. The van der Waals surface area contributed by atoms with E-state index in [2.05, 4.69) is 26.1 Å². The van der Waals surface area contributed by atoms with E-state index in [9.17, 15) is 0 Å². The Morgan fingerprint density at radius 2 is 1.85 bits per heavy atom. The van der Waals surface area contributed by atoms with Crippen molar-refractivity contribution in [1.82, 2.24) is 0 Å². The summed E-state index contributed by atoms with van der Waals surface area (Å²) in [6.45, 7) is 0. The maximum Gasteiger partial charge on any atom is 0.110 e. The highest BCUT2D eigenvalue weighted by atomic mass is 79.9. The fourth-order valence-corrected chi connectivity index (χ4v) is 1.14. The van der Waals surface area contributed by atoms with Gasteiger partial charge in [-0.25, -0.2) is 0 Å². The molecule has 0 heterocycles. The van der Waals surface area contributed by atoms with Crippen molar-refractivity contribution >= 4 is 27.9 Å². The highest BCUT2D eigenvalue weighted by molar-refractivity contribution is 9.10. The fraction of sp³-hybridized carbons (Fsp3) is 0. The van der Waals surface area contributed by atoms with Crippen LogP contribution >= 0.6 is 15.9 Å². The molecule has 0 aliphatic rings. The Morgan fingerprint density at radius 3 is 2.31 bits per heavy atom. The van der Waals surface area contributed by atoms with Crippen LogP contribution in [0.4, 0.5) is 0 Å². The lowest BCUT2D eigenvalue weighted by Gasteiger charge is -1.98. The number of nitrogens with zero attached hydrogens (tertiary/aromatic N) is 2. The lowest BCUT2D eigenvalue weighted by molar-refractivity contribution is 1.24. The minimum absolute atomic E-state index is 0.551. The second-order valence-corrected chi connectivity index (χ2v) is 3.22. The molecule has 0 spiro atoms. The van der Waals surface area contributed by atoms with Crippen LogP contribution < -0.4 is 11.7 Å². The van der Waals surface area contributed by atoms with Crippen molar-refractivity contribution in [1.29, 1.82) is 0 Å². The molecule has 0 bridgehead atoms. The molecule has 1 rings (SSSR count). The van der Waals surface area contributed by atoms with Gasteiger partial charge in [-0.15, -0.1) is 0 Å². The van der Waals surface area contributed by atoms with Gasteiger partial charge in [0.05, 0.1) is 6.21 Å². The summed E-state index contributed by atoms with van der Waals surface area (Å²) in [5, 5.41) is 6.91. The van der Waals surface area contributed by atoms with Gasteiger partial charge in [0.1, 0.15) is 5.71 Å². The maximum absolute atomic E-state index is 5.16. The van der Waals surface area contributed by atoms with E-state index in [4.69, 9.17) is 11.7 Å². The third-order valence-corrected chi connectivity index (χ3v) is 2.00. The zero-order valence-electron chi connectivity index (χ0n) is 6.81. The van der Waals surface area contributed by atoms with Crippen molar-refractivity contribution in [3.05, 3.63) is 34.3 Å². The normalized spacial score (nSPS) is 12.2. The van der Waals surface area contributed by atoms with Crippen molar-refractivity contribution in [3.8, 4) is 0 Å². The Morgan fingerprint density at radius 1 is 1.23 bits per heavy atom. The van der Waals surface area contributed by atoms with Crippen LogP contribution in [-0.2, 0) is 0 Å². The molecule has 0 saturated heterocycles. The monoisotopic (exact) mass is 240 g/mol. The number of rotatable bonds is 2. The van der Waals surface area contributed by atoms with Gasteiger partial charge in [-0.3, -0.25) is 0 Å². The lowest BCUT2D eigenvalue weighted by Crippen LogP contribution is -2.06. The molecule has 0 radical (unpaired) electrons. The molecule has 68 valence electrons. The minimum atomic E-state index is 0.551. The van der Waals surface area contributed by atoms with Gasteiger partial charge in [0.2, 0.25) is 0 Å². The molecule has 0 amide bonds. The van der Waals surface area contributed by atoms with E-state index < -0.39 is 0 Å². The summed E-state index contributed by atoms with van der Waals surface area (Å²) in [5.41, 5.74) is 1.43. The summed E-state index contributed by atoms with van der Waals surface area (Å²) in [5.74, 6) is 10.2. The van der Waals surface area contributed by atoms with E-state index in [1.165, 1.54) is 6.21 Å². The molecule has 0 fully saturated rings. The molecule has 5 heteroatoms. The van der Waals surface area contributed by atoms with E-state index in [1.807, 2.05) is 24.3 Å². The van der Waals surface area contributed by atoms with Crippen LogP contribution in [0.25, 0.3) is 0 Å². The van der Waals surface area contributed by atoms with E-state index in [-0.39, 0.29) is 0 Å². The smallest absolute Gasteiger partial charge is 0.110 e. The highest BCUT2D eigenvalue weighted by Crippen LogP contribution is 2.10. The average Bonchev–Trinajstić information content (AvgIpc) is 2.16. The van der Waals surface area contributed by atoms with Crippen molar-refractivity contribution in [2.45, 2.75) is 0 Å². The first-order valence-electron chi connectivity index (χ1n) is 3.55. The van der Waals surface area contributed by atoms with Crippen LogP contribution in [0.3, 0.4) is 0 Å². The van der Waals surface area contributed by atoms with E-state index in [0.717, 1.165) is 10.0 Å². The molecule has 0 saturated carbocycles. The number of hydrogen-bond donors (Lipinski definition) is 2. The van der Waals surface area contributed by atoms with Gasteiger partial charge in [0.15, 0.2) is 0 Å². The summed E-state index contributed by atoms with van der Waals surface area (Å²) in [6, 6.07) is 7.53. The summed E-state index contributed by atoms with van der Waals surface area (Å²) in [4.78, 5) is 0. The van der Waals surface area contributed by atoms with Gasteiger partial charge in [-0.2, -0.15) is 10.2 Å². The molecule has 1 aromatic rings. The Kier molecular flexibility index (Phi) is 3.45. The van der Waals surface area contributed by atoms with Gasteiger partial charge in [-0.1, -0.05) is 28.1 Å². The first-order valence-corrected chi connectivity index (χ1v) is 4.34. The summed E-state index contributed by atoms with van der Waals surface area (Å²) in [7, 11) is 0. The molecular formula is C8H9BrN4. The zero-order chi connectivity index (χ0) is 9.68. The number of benzene rings is 1. The van der Waals surface area contributed by atoms with E-state index in [0.29, 0.717) is 5.71 Å². The van der Waals surface area contributed by atoms with Gasteiger partial charge >= 0.3 is 0 Å². The van der Waals surface area contributed by atoms with Gasteiger partial charge in [0.25, 0.3) is 0 Å². The molecule has 0 aliphatic heterocycles. The van der Waals surface area contributed by atoms with Gasteiger partial charge in [0, 0.05) is 10.0 Å². The number of halogens is 1. The third kappa shape index (κ3) is 2.55. The van der Waals surface area contributed by atoms with Crippen molar-refractivity contribution in [2.75, 3.05) is 0 Å². The molecule has 0 aromatic heterocycles. The summed E-state index contributed by atoms with van der Waals surface area (Å²) < 4.78 is 0.998. The molecule has 4 nitrogen and oxygen atoms in total. The standard InChI is InChI=1S/C8H9BrN4/c9-7-3-1-6(2-4-7)8(13-11)5-12-10/h1-5H,10-11H2/b12-5-,13-8+.